The van der Waals surface area contributed by atoms with Crippen LogP contribution >= 0.6 is 0 Å². The third-order valence-electron chi connectivity index (χ3n) is 2.41. The zero-order chi connectivity index (χ0) is 13.0. The van der Waals surface area contributed by atoms with Gasteiger partial charge in [0, 0.05) is 6.20 Å². The monoisotopic (exact) mass is 241 g/mol. The largest absolute Gasteiger partial charge is 0.493 e. The van der Waals surface area contributed by atoms with E-state index in [9.17, 15) is 0 Å². The molecular weight excluding hydrogens is 230 g/mol. The molecule has 1 heterocycles. The minimum absolute atomic E-state index is 0.310. The van der Waals surface area contributed by atoms with E-state index in [-0.39, 0.29) is 0 Å². The quantitative estimate of drug-likeness (QED) is 0.822. The summed E-state index contributed by atoms with van der Waals surface area (Å²) < 4.78 is 10.5. The van der Waals surface area contributed by atoms with E-state index in [1.807, 2.05) is 18.2 Å². The summed E-state index contributed by atoms with van der Waals surface area (Å²) in [5.41, 5.74) is 0.999. The second-order valence-electron chi connectivity index (χ2n) is 3.42. The van der Waals surface area contributed by atoms with Gasteiger partial charge in [-0.3, -0.25) is 0 Å². The Kier molecular flexibility index (Phi) is 3.39. The fourth-order valence-corrected chi connectivity index (χ4v) is 1.61. The molecular formula is C13H11N3O2. The molecule has 0 spiro atoms. The topological polar surface area (TPSA) is 68.0 Å². The van der Waals surface area contributed by atoms with Crippen LogP contribution in [-0.2, 0) is 0 Å². The zero-order valence-electron chi connectivity index (χ0n) is 10.0. The van der Waals surface area contributed by atoms with E-state index in [2.05, 4.69) is 9.97 Å². The summed E-state index contributed by atoms with van der Waals surface area (Å²) in [5.74, 6) is 1.58. The lowest BCUT2D eigenvalue weighted by Crippen LogP contribution is -1.97. The van der Waals surface area contributed by atoms with Gasteiger partial charge in [-0.25, -0.2) is 9.97 Å². The second-order valence-corrected chi connectivity index (χ2v) is 3.42. The molecule has 2 rings (SSSR count). The molecule has 0 amide bonds. The van der Waals surface area contributed by atoms with Crippen molar-refractivity contribution < 1.29 is 9.47 Å². The maximum absolute atomic E-state index is 8.84. The maximum atomic E-state index is 8.84. The normalized spacial score (nSPS) is 9.61. The Hall–Kier alpha value is -2.61. The van der Waals surface area contributed by atoms with Gasteiger partial charge in [-0.05, 0) is 18.2 Å². The number of nitrogens with zero attached hydrogens (tertiary/aromatic N) is 3. The Morgan fingerprint density at radius 1 is 1.17 bits per heavy atom. The van der Waals surface area contributed by atoms with Crippen LogP contribution in [0.2, 0.25) is 0 Å². The molecule has 0 aliphatic heterocycles. The van der Waals surface area contributed by atoms with Crippen LogP contribution in [-0.4, -0.2) is 24.2 Å². The minimum atomic E-state index is 0.310. The second kappa shape index (κ2) is 5.15. The summed E-state index contributed by atoms with van der Waals surface area (Å²) in [7, 11) is 3.11. The summed E-state index contributed by atoms with van der Waals surface area (Å²) in [5, 5.41) is 8.84. The Morgan fingerprint density at radius 3 is 2.67 bits per heavy atom. The van der Waals surface area contributed by atoms with Crippen molar-refractivity contribution in [2.45, 2.75) is 0 Å². The van der Waals surface area contributed by atoms with Gasteiger partial charge in [-0.2, -0.15) is 5.26 Å². The predicted molar refractivity (Wildman–Crippen MR) is 65.3 cm³/mol. The lowest BCUT2D eigenvalue weighted by molar-refractivity contribution is 0.356. The van der Waals surface area contributed by atoms with Gasteiger partial charge in [-0.15, -0.1) is 0 Å². The molecule has 0 N–H and O–H groups in total. The first-order valence-corrected chi connectivity index (χ1v) is 5.24. The van der Waals surface area contributed by atoms with E-state index >= 15 is 0 Å². The summed E-state index contributed by atoms with van der Waals surface area (Å²) in [6, 6.07) is 8.96. The van der Waals surface area contributed by atoms with E-state index in [0.29, 0.717) is 28.6 Å². The number of hydrogen-bond donors (Lipinski definition) is 0. The summed E-state index contributed by atoms with van der Waals surface area (Å²) in [4.78, 5) is 8.28. The fourth-order valence-electron chi connectivity index (χ4n) is 1.61. The van der Waals surface area contributed by atoms with Crippen molar-refractivity contribution in [2.75, 3.05) is 14.2 Å². The van der Waals surface area contributed by atoms with Gasteiger partial charge in [0.1, 0.15) is 11.8 Å². The Morgan fingerprint density at radius 2 is 2.00 bits per heavy atom. The lowest BCUT2D eigenvalue weighted by Gasteiger charge is -2.11. The van der Waals surface area contributed by atoms with Crippen LogP contribution in [0.4, 0.5) is 0 Å². The van der Waals surface area contributed by atoms with Crippen molar-refractivity contribution in [2.24, 2.45) is 0 Å². The Balaban J connectivity index is 2.60. The number of benzene rings is 1. The standard InChI is InChI=1S/C13H11N3O2/c1-17-11-5-3-4-10(12(11)18-2)13-15-7-6-9(8-14)16-13/h3-7H,1-2H3. The van der Waals surface area contributed by atoms with Crippen LogP contribution in [0.5, 0.6) is 11.5 Å². The van der Waals surface area contributed by atoms with E-state index in [1.54, 1.807) is 32.5 Å². The molecule has 18 heavy (non-hydrogen) atoms. The third-order valence-corrected chi connectivity index (χ3v) is 2.41. The first-order valence-electron chi connectivity index (χ1n) is 5.24. The summed E-state index contributed by atoms with van der Waals surface area (Å²) in [6.07, 6.45) is 1.54. The summed E-state index contributed by atoms with van der Waals surface area (Å²) in [6.45, 7) is 0. The molecule has 5 heteroatoms. The molecule has 2 aromatic rings. The van der Waals surface area contributed by atoms with Gasteiger partial charge in [0.2, 0.25) is 0 Å². The van der Waals surface area contributed by atoms with Gasteiger partial charge in [0.05, 0.1) is 19.8 Å². The highest BCUT2D eigenvalue weighted by Gasteiger charge is 2.13. The molecule has 0 saturated heterocycles. The highest BCUT2D eigenvalue weighted by Crippen LogP contribution is 2.35. The van der Waals surface area contributed by atoms with Gasteiger partial charge in [-0.1, -0.05) is 6.07 Å². The number of rotatable bonds is 3. The van der Waals surface area contributed by atoms with Gasteiger partial charge in [0.25, 0.3) is 0 Å². The molecule has 0 bridgehead atoms. The first kappa shape index (κ1) is 11.9. The van der Waals surface area contributed by atoms with E-state index < -0.39 is 0 Å². The molecule has 0 unspecified atom stereocenters. The van der Waals surface area contributed by atoms with Crippen molar-refractivity contribution in [3.05, 3.63) is 36.2 Å². The molecule has 0 fully saturated rings. The predicted octanol–water partition coefficient (Wildman–Crippen LogP) is 2.03. The Bertz CT molecular complexity index is 605. The SMILES string of the molecule is COc1cccc(-c2nccc(C#N)n2)c1OC. The highest BCUT2D eigenvalue weighted by molar-refractivity contribution is 5.68. The number of ether oxygens (including phenoxy) is 2. The van der Waals surface area contributed by atoms with Crippen LogP contribution in [0.15, 0.2) is 30.5 Å². The van der Waals surface area contributed by atoms with Crippen LogP contribution < -0.4 is 9.47 Å². The van der Waals surface area contributed by atoms with Crippen LogP contribution in [0.1, 0.15) is 5.69 Å². The van der Waals surface area contributed by atoms with Crippen molar-refractivity contribution in [3.8, 4) is 29.0 Å². The molecule has 90 valence electrons. The lowest BCUT2D eigenvalue weighted by atomic mass is 10.1. The maximum Gasteiger partial charge on any atom is 0.171 e. The van der Waals surface area contributed by atoms with E-state index in [1.165, 1.54) is 0 Å². The van der Waals surface area contributed by atoms with Crippen LogP contribution in [0.25, 0.3) is 11.4 Å². The number of hydrogen-bond acceptors (Lipinski definition) is 5. The molecule has 0 aliphatic carbocycles. The molecule has 0 radical (unpaired) electrons. The van der Waals surface area contributed by atoms with Crippen molar-refractivity contribution in [1.82, 2.24) is 9.97 Å². The van der Waals surface area contributed by atoms with Crippen LogP contribution in [0, 0.1) is 11.3 Å². The van der Waals surface area contributed by atoms with Crippen molar-refractivity contribution in [1.29, 1.82) is 5.26 Å². The molecule has 5 nitrogen and oxygen atoms in total. The summed E-state index contributed by atoms with van der Waals surface area (Å²) >= 11 is 0. The van der Waals surface area contributed by atoms with Crippen molar-refractivity contribution in [3.63, 3.8) is 0 Å². The van der Waals surface area contributed by atoms with Crippen LogP contribution in [0.3, 0.4) is 0 Å². The number of para-hydroxylation sites is 1. The Labute approximate surface area is 105 Å². The molecule has 0 atom stereocenters. The van der Waals surface area contributed by atoms with Gasteiger partial charge in [0.15, 0.2) is 17.3 Å². The average Bonchev–Trinajstić information content (AvgIpc) is 2.46. The van der Waals surface area contributed by atoms with Crippen molar-refractivity contribution >= 4 is 0 Å². The average molecular weight is 241 g/mol. The number of aromatic nitrogens is 2. The first-order chi connectivity index (χ1) is 8.80. The fraction of sp³-hybridized carbons (Fsp3) is 0.154. The zero-order valence-corrected chi connectivity index (χ0v) is 10.0. The highest BCUT2D eigenvalue weighted by atomic mass is 16.5. The third kappa shape index (κ3) is 2.09. The number of methoxy groups -OCH3 is 2. The van der Waals surface area contributed by atoms with Gasteiger partial charge >= 0.3 is 0 Å². The van der Waals surface area contributed by atoms with E-state index in [4.69, 9.17) is 14.7 Å². The van der Waals surface area contributed by atoms with E-state index in [0.717, 1.165) is 0 Å². The molecule has 1 aromatic carbocycles. The molecule has 0 saturated carbocycles. The minimum Gasteiger partial charge on any atom is -0.493 e. The molecule has 1 aromatic heterocycles. The molecule has 0 aliphatic rings. The van der Waals surface area contributed by atoms with Gasteiger partial charge < -0.3 is 9.47 Å². The number of nitriles is 1. The smallest absolute Gasteiger partial charge is 0.171 e.